The van der Waals surface area contributed by atoms with Gasteiger partial charge >= 0.3 is 0 Å². The minimum absolute atomic E-state index is 0.0405. The molecule has 0 bridgehead atoms. The first-order chi connectivity index (χ1) is 13.9. The van der Waals surface area contributed by atoms with Gasteiger partial charge in [-0.3, -0.25) is 0 Å². The van der Waals surface area contributed by atoms with Gasteiger partial charge in [0.05, 0.1) is 23.9 Å². The van der Waals surface area contributed by atoms with Crippen LogP contribution in [0.1, 0.15) is 30.4 Å². The highest BCUT2D eigenvalue weighted by atomic mass is 32.2. The van der Waals surface area contributed by atoms with Crippen LogP contribution in [-0.2, 0) is 16.3 Å². The Morgan fingerprint density at radius 1 is 1.17 bits per heavy atom. The Kier molecular flexibility index (Phi) is 5.59. The van der Waals surface area contributed by atoms with Crippen molar-refractivity contribution in [3.63, 3.8) is 0 Å². The summed E-state index contributed by atoms with van der Waals surface area (Å²) in [5.41, 5.74) is 0.799. The third kappa shape index (κ3) is 4.78. The number of sulfone groups is 1. The quantitative estimate of drug-likeness (QED) is 0.511. The van der Waals surface area contributed by atoms with Gasteiger partial charge < -0.3 is 13.6 Å². The molecule has 0 radical (unpaired) electrons. The molecule has 1 aliphatic heterocycles. The molecule has 0 spiro atoms. The Bertz CT molecular complexity index is 1080. The number of hydrogen-bond acceptors (Lipinski definition) is 10. The lowest BCUT2D eigenvalue weighted by Crippen LogP contribution is -2.07. The molecule has 1 fully saturated rings. The van der Waals surface area contributed by atoms with E-state index in [2.05, 4.69) is 20.4 Å². The van der Waals surface area contributed by atoms with Gasteiger partial charge in [-0.2, -0.15) is 0 Å². The van der Waals surface area contributed by atoms with Crippen LogP contribution in [0, 0.1) is 5.92 Å². The minimum Gasteiger partial charge on any atom is -0.497 e. The zero-order valence-electron chi connectivity index (χ0n) is 15.9. The van der Waals surface area contributed by atoms with Gasteiger partial charge in [0, 0.05) is 12.0 Å². The first kappa shape index (κ1) is 19.9. The monoisotopic (exact) mass is 436 g/mol. The lowest BCUT2D eigenvalue weighted by atomic mass is 10.1. The second kappa shape index (κ2) is 8.15. The first-order valence-corrected chi connectivity index (χ1v) is 11.8. The Morgan fingerprint density at radius 3 is 2.66 bits per heavy atom. The van der Waals surface area contributed by atoms with Crippen molar-refractivity contribution in [3.8, 4) is 17.2 Å². The fourth-order valence-corrected chi connectivity index (χ4v) is 5.69. The Balaban J connectivity index is 1.38. The van der Waals surface area contributed by atoms with Crippen LogP contribution in [0.3, 0.4) is 0 Å². The summed E-state index contributed by atoms with van der Waals surface area (Å²) >= 11 is 1.32. The number of hydrogen-bond donors (Lipinski definition) is 0. The van der Waals surface area contributed by atoms with Gasteiger partial charge in [-0.25, -0.2) is 8.42 Å². The van der Waals surface area contributed by atoms with Crippen LogP contribution in [0.15, 0.2) is 38.3 Å². The third-order valence-electron chi connectivity index (χ3n) is 4.64. The molecule has 0 amide bonds. The molecule has 2 atom stereocenters. The van der Waals surface area contributed by atoms with E-state index < -0.39 is 9.84 Å². The third-order valence-corrected chi connectivity index (χ3v) is 7.40. The van der Waals surface area contributed by atoms with Gasteiger partial charge in [0.15, 0.2) is 9.84 Å². The average molecular weight is 437 g/mol. The summed E-state index contributed by atoms with van der Waals surface area (Å²) in [5.74, 6) is 2.53. The molecule has 4 rings (SSSR count). The molecule has 29 heavy (non-hydrogen) atoms. The highest BCUT2D eigenvalue weighted by molar-refractivity contribution is 7.99. The van der Waals surface area contributed by atoms with Crippen molar-refractivity contribution < 1.29 is 22.0 Å². The van der Waals surface area contributed by atoms with Gasteiger partial charge in [0.25, 0.3) is 5.22 Å². The molecule has 2 unspecified atom stereocenters. The number of ether oxygens (including phenoxy) is 1. The highest BCUT2D eigenvalue weighted by Gasteiger charge is 2.29. The number of rotatable bonds is 7. The summed E-state index contributed by atoms with van der Waals surface area (Å²) in [5, 5.41) is 16.5. The summed E-state index contributed by atoms with van der Waals surface area (Å²) < 4.78 is 39.7. The fraction of sp³-hybridized carbons (Fsp3) is 0.444. The van der Waals surface area contributed by atoms with Crippen LogP contribution < -0.4 is 4.74 Å². The van der Waals surface area contributed by atoms with Crippen LogP contribution in [0.5, 0.6) is 5.75 Å². The van der Waals surface area contributed by atoms with E-state index in [0.717, 1.165) is 11.3 Å². The molecule has 0 N–H and O–H groups in total. The molecule has 11 heteroatoms. The van der Waals surface area contributed by atoms with Crippen LogP contribution in [0.25, 0.3) is 11.5 Å². The maximum atomic E-state index is 11.6. The zero-order valence-corrected chi connectivity index (χ0v) is 17.6. The molecule has 0 saturated carbocycles. The first-order valence-electron chi connectivity index (χ1n) is 9.09. The molecule has 1 aromatic carbocycles. The van der Waals surface area contributed by atoms with E-state index in [0.29, 0.717) is 35.7 Å². The van der Waals surface area contributed by atoms with Gasteiger partial charge in [-0.15, -0.1) is 20.4 Å². The Morgan fingerprint density at radius 2 is 1.97 bits per heavy atom. The Labute approximate surface area is 172 Å². The maximum absolute atomic E-state index is 11.6. The molecular formula is C18H20N4O5S2. The number of benzene rings is 1. The van der Waals surface area contributed by atoms with E-state index in [1.54, 1.807) is 7.11 Å². The zero-order chi connectivity index (χ0) is 20.4. The summed E-state index contributed by atoms with van der Waals surface area (Å²) in [6.45, 7) is 1.91. The number of methoxy groups -OCH3 is 1. The molecule has 1 saturated heterocycles. The van der Waals surface area contributed by atoms with E-state index in [4.69, 9.17) is 13.6 Å². The van der Waals surface area contributed by atoms with E-state index in [1.807, 2.05) is 31.2 Å². The number of thioether (sulfide) groups is 1. The summed E-state index contributed by atoms with van der Waals surface area (Å²) in [4.78, 5) is 0. The number of nitrogens with zero attached hydrogens (tertiary/aromatic N) is 4. The van der Waals surface area contributed by atoms with Crippen molar-refractivity contribution in [1.29, 1.82) is 0 Å². The summed E-state index contributed by atoms with van der Waals surface area (Å²) in [6.07, 6.45) is 1.11. The van der Waals surface area contributed by atoms with Gasteiger partial charge in [0.2, 0.25) is 17.7 Å². The smallest absolute Gasteiger partial charge is 0.277 e. The van der Waals surface area contributed by atoms with Crippen LogP contribution in [0.2, 0.25) is 0 Å². The molecule has 1 aliphatic rings. The molecule has 2 aromatic heterocycles. The molecule has 0 aliphatic carbocycles. The van der Waals surface area contributed by atoms with Crippen LogP contribution in [0.4, 0.5) is 0 Å². The second-order valence-corrected chi connectivity index (χ2v) is 10.4. The molecular weight excluding hydrogens is 416 g/mol. The largest absolute Gasteiger partial charge is 0.497 e. The Hall–Kier alpha value is -2.40. The van der Waals surface area contributed by atoms with Crippen molar-refractivity contribution >= 4 is 21.6 Å². The van der Waals surface area contributed by atoms with E-state index in [-0.39, 0.29) is 22.7 Å². The predicted octanol–water partition coefficient (Wildman–Crippen LogP) is 2.96. The van der Waals surface area contributed by atoms with Crippen molar-refractivity contribution in [1.82, 2.24) is 20.4 Å². The molecule has 3 heterocycles. The molecule has 154 valence electrons. The van der Waals surface area contributed by atoms with Crippen molar-refractivity contribution in [2.45, 2.75) is 30.2 Å². The van der Waals surface area contributed by atoms with Crippen molar-refractivity contribution in [3.05, 3.63) is 36.0 Å². The van der Waals surface area contributed by atoms with E-state index in [1.165, 1.54) is 11.8 Å². The lowest BCUT2D eigenvalue weighted by molar-refractivity contribution is 0.388. The van der Waals surface area contributed by atoms with Gasteiger partial charge in [0.1, 0.15) is 5.75 Å². The van der Waals surface area contributed by atoms with Crippen molar-refractivity contribution in [2.24, 2.45) is 5.92 Å². The van der Waals surface area contributed by atoms with Gasteiger partial charge in [-0.05, 0) is 43.5 Å². The normalized spacial score (nSPS) is 19.3. The molecule has 3 aromatic rings. The summed E-state index contributed by atoms with van der Waals surface area (Å²) in [6, 6.07) is 7.35. The SMILES string of the molecule is COc1ccc(-c2nnc(C(C)Sc3nnc(CC4CCS(=O)(=O)C4)o3)o2)cc1. The topological polar surface area (TPSA) is 121 Å². The van der Waals surface area contributed by atoms with Crippen LogP contribution >= 0.6 is 11.8 Å². The maximum Gasteiger partial charge on any atom is 0.277 e. The highest BCUT2D eigenvalue weighted by Crippen LogP contribution is 2.35. The summed E-state index contributed by atoms with van der Waals surface area (Å²) in [7, 11) is -1.31. The standard InChI is InChI=1S/C18H20N4O5S2/c1-11(16-20-21-17(27-16)13-3-5-14(25-2)6-4-13)28-18-22-19-15(26-18)9-12-7-8-29(23,24)10-12/h3-6,11-12H,7-10H2,1-2H3. The fourth-order valence-electron chi connectivity index (χ4n) is 3.10. The predicted molar refractivity (Wildman–Crippen MR) is 105 cm³/mol. The second-order valence-electron chi connectivity index (χ2n) is 6.87. The van der Waals surface area contributed by atoms with Crippen LogP contribution in [-0.4, -0.2) is 47.4 Å². The van der Waals surface area contributed by atoms with Crippen molar-refractivity contribution in [2.75, 3.05) is 18.6 Å². The number of aromatic nitrogens is 4. The van der Waals surface area contributed by atoms with Gasteiger partial charge in [-0.1, -0.05) is 11.8 Å². The van der Waals surface area contributed by atoms with E-state index >= 15 is 0 Å². The van der Waals surface area contributed by atoms with E-state index in [9.17, 15) is 8.42 Å². The minimum atomic E-state index is -2.92. The lowest BCUT2D eigenvalue weighted by Gasteiger charge is -2.03. The molecule has 9 nitrogen and oxygen atoms in total. The average Bonchev–Trinajstić information content (AvgIpc) is 3.42.